The Balaban J connectivity index is 1.39. The first kappa shape index (κ1) is 19.9. The zero-order valence-electron chi connectivity index (χ0n) is 17.0. The minimum atomic E-state index is -0.535. The van der Waals surface area contributed by atoms with Crippen LogP contribution in [0.15, 0.2) is 42.5 Å². The van der Waals surface area contributed by atoms with Gasteiger partial charge >= 0.3 is 0 Å². The van der Waals surface area contributed by atoms with Crippen LogP contribution in [0, 0.1) is 19.7 Å². The van der Waals surface area contributed by atoms with Crippen LogP contribution in [0.5, 0.6) is 0 Å². The molecule has 0 unspecified atom stereocenters. The van der Waals surface area contributed by atoms with E-state index < -0.39 is 11.7 Å². The number of aryl methyl sites for hydroxylation is 2. The van der Waals surface area contributed by atoms with Gasteiger partial charge in [0, 0.05) is 24.7 Å². The van der Waals surface area contributed by atoms with Crippen LogP contribution in [-0.2, 0) is 0 Å². The van der Waals surface area contributed by atoms with Crippen molar-refractivity contribution < 1.29 is 14.0 Å². The lowest BCUT2D eigenvalue weighted by atomic mass is 10.0. The quantitative estimate of drug-likeness (QED) is 0.723. The number of piperidine rings is 1. The zero-order valence-corrected chi connectivity index (χ0v) is 17.0. The Morgan fingerprint density at radius 3 is 2.37 bits per heavy atom. The molecule has 6 nitrogen and oxygen atoms in total. The Hall–Kier alpha value is -3.35. The second kappa shape index (κ2) is 8.18. The van der Waals surface area contributed by atoms with Gasteiger partial charge in [-0.25, -0.2) is 14.4 Å². The molecule has 2 heterocycles. The molecule has 0 atom stereocenters. The second-order valence-electron chi connectivity index (χ2n) is 7.62. The predicted molar refractivity (Wildman–Crippen MR) is 112 cm³/mol. The van der Waals surface area contributed by atoms with Crippen molar-refractivity contribution in [2.75, 3.05) is 13.1 Å². The molecule has 1 aliphatic heterocycles. The van der Waals surface area contributed by atoms with Crippen molar-refractivity contribution in [3.63, 3.8) is 0 Å². The lowest BCUT2D eigenvalue weighted by Crippen LogP contribution is -2.46. The maximum Gasteiger partial charge on any atom is 0.254 e. The van der Waals surface area contributed by atoms with E-state index in [9.17, 15) is 14.0 Å². The number of carbonyl (C=O) groups is 2. The highest BCUT2D eigenvalue weighted by molar-refractivity contribution is 5.97. The normalized spacial score (nSPS) is 14.7. The summed E-state index contributed by atoms with van der Waals surface area (Å²) in [6.07, 6.45) is 1.25. The van der Waals surface area contributed by atoms with Crippen molar-refractivity contribution in [2.45, 2.75) is 32.7 Å². The van der Waals surface area contributed by atoms with Gasteiger partial charge in [0.15, 0.2) is 0 Å². The van der Waals surface area contributed by atoms with Gasteiger partial charge in [-0.3, -0.25) is 9.59 Å². The van der Waals surface area contributed by atoms with Crippen LogP contribution in [0.3, 0.4) is 0 Å². The van der Waals surface area contributed by atoms with E-state index in [1.165, 1.54) is 12.1 Å². The molecule has 2 aromatic carbocycles. The molecule has 7 heteroatoms. The van der Waals surface area contributed by atoms with E-state index >= 15 is 0 Å². The summed E-state index contributed by atoms with van der Waals surface area (Å²) in [6, 6.07) is 11.2. The van der Waals surface area contributed by atoms with Gasteiger partial charge in [-0.2, -0.15) is 0 Å². The van der Waals surface area contributed by atoms with Gasteiger partial charge in [0.05, 0.1) is 28.0 Å². The van der Waals surface area contributed by atoms with Crippen LogP contribution in [0.1, 0.15) is 44.9 Å². The smallest absolute Gasteiger partial charge is 0.254 e. The molecule has 2 amide bonds. The van der Waals surface area contributed by atoms with Gasteiger partial charge in [0.25, 0.3) is 11.8 Å². The Bertz CT molecular complexity index is 1120. The maximum atomic E-state index is 13.8. The van der Waals surface area contributed by atoms with Crippen molar-refractivity contribution in [1.29, 1.82) is 0 Å². The number of rotatable bonds is 3. The number of nitrogens with zero attached hydrogens (tertiary/aromatic N) is 3. The minimum absolute atomic E-state index is 0.0406. The van der Waals surface area contributed by atoms with Crippen LogP contribution >= 0.6 is 0 Å². The Morgan fingerprint density at radius 1 is 1.00 bits per heavy atom. The summed E-state index contributed by atoms with van der Waals surface area (Å²) in [5, 5.41) is 2.88. The largest absolute Gasteiger partial charge is 0.349 e. The van der Waals surface area contributed by atoms with E-state index in [2.05, 4.69) is 15.3 Å². The maximum absolute atomic E-state index is 13.8. The van der Waals surface area contributed by atoms with E-state index in [0.717, 1.165) is 16.9 Å². The first-order chi connectivity index (χ1) is 14.4. The molecule has 0 radical (unpaired) electrons. The Morgan fingerprint density at radius 2 is 1.67 bits per heavy atom. The molecule has 0 bridgehead atoms. The predicted octanol–water partition coefficient (Wildman–Crippen LogP) is 3.42. The van der Waals surface area contributed by atoms with Gasteiger partial charge in [0.1, 0.15) is 5.82 Å². The fraction of sp³-hybridized carbons (Fsp3) is 0.304. The van der Waals surface area contributed by atoms with E-state index in [0.29, 0.717) is 37.0 Å². The number of halogens is 1. The molecule has 0 saturated carbocycles. The topological polar surface area (TPSA) is 75.2 Å². The van der Waals surface area contributed by atoms with Crippen LogP contribution in [0.25, 0.3) is 11.0 Å². The number of carbonyl (C=O) groups excluding carboxylic acids is 2. The lowest BCUT2D eigenvalue weighted by Gasteiger charge is -2.32. The summed E-state index contributed by atoms with van der Waals surface area (Å²) in [6.45, 7) is 4.86. The fourth-order valence-electron chi connectivity index (χ4n) is 3.68. The molecule has 0 aliphatic carbocycles. The molecule has 1 aromatic heterocycles. The monoisotopic (exact) mass is 406 g/mol. The van der Waals surface area contributed by atoms with Crippen LogP contribution < -0.4 is 5.32 Å². The average Bonchev–Trinajstić information content (AvgIpc) is 2.74. The molecule has 1 aliphatic rings. The summed E-state index contributed by atoms with van der Waals surface area (Å²) in [7, 11) is 0. The molecule has 154 valence electrons. The molecule has 0 spiro atoms. The van der Waals surface area contributed by atoms with Gasteiger partial charge < -0.3 is 10.2 Å². The lowest BCUT2D eigenvalue weighted by molar-refractivity contribution is 0.0698. The van der Waals surface area contributed by atoms with Gasteiger partial charge in [-0.05, 0) is 57.0 Å². The van der Waals surface area contributed by atoms with E-state index in [1.807, 2.05) is 19.9 Å². The molecule has 30 heavy (non-hydrogen) atoms. The molecule has 1 N–H and O–H groups in total. The summed E-state index contributed by atoms with van der Waals surface area (Å²) in [4.78, 5) is 36.0. The van der Waals surface area contributed by atoms with Crippen molar-refractivity contribution >= 4 is 22.8 Å². The van der Waals surface area contributed by atoms with Crippen LogP contribution in [0.4, 0.5) is 4.39 Å². The number of amides is 2. The van der Waals surface area contributed by atoms with Gasteiger partial charge in [-0.15, -0.1) is 0 Å². The molecular formula is C23H23FN4O2. The van der Waals surface area contributed by atoms with Gasteiger partial charge in [-0.1, -0.05) is 12.1 Å². The van der Waals surface area contributed by atoms with Crippen LogP contribution in [0.2, 0.25) is 0 Å². The fourth-order valence-corrected chi connectivity index (χ4v) is 3.68. The number of benzene rings is 2. The highest BCUT2D eigenvalue weighted by Gasteiger charge is 2.25. The average molecular weight is 406 g/mol. The summed E-state index contributed by atoms with van der Waals surface area (Å²) in [5.41, 5.74) is 3.81. The van der Waals surface area contributed by atoms with Crippen molar-refractivity contribution in [3.8, 4) is 0 Å². The van der Waals surface area contributed by atoms with Gasteiger partial charge in [0.2, 0.25) is 0 Å². The third-order valence-corrected chi connectivity index (χ3v) is 5.56. The summed E-state index contributed by atoms with van der Waals surface area (Å²) >= 11 is 0. The number of aromatic nitrogens is 2. The Kier molecular flexibility index (Phi) is 5.44. The van der Waals surface area contributed by atoms with E-state index in [-0.39, 0.29) is 17.5 Å². The summed E-state index contributed by atoms with van der Waals surface area (Å²) in [5.74, 6) is -1.01. The number of hydrogen-bond acceptors (Lipinski definition) is 4. The number of likely N-dealkylation sites (tertiary alicyclic amines) is 1. The van der Waals surface area contributed by atoms with Crippen LogP contribution in [-0.4, -0.2) is 45.8 Å². The second-order valence-corrected chi connectivity index (χ2v) is 7.62. The SMILES string of the molecule is Cc1nc2ccc(C(=O)N3CCC(NC(=O)c4ccccc4F)CC3)cc2nc1C. The minimum Gasteiger partial charge on any atom is -0.349 e. The van der Waals surface area contributed by atoms with Crippen molar-refractivity contribution in [1.82, 2.24) is 20.2 Å². The standard InChI is InChI=1S/C23H23FN4O2/c1-14-15(2)26-21-13-16(7-8-20(21)25-14)23(30)28-11-9-17(10-12-28)27-22(29)18-5-3-4-6-19(18)24/h3-8,13,17H,9-12H2,1-2H3,(H,27,29). The van der Waals surface area contributed by atoms with E-state index in [4.69, 9.17) is 0 Å². The number of nitrogens with one attached hydrogen (secondary N) is 1. The molecule has 3 aromatic rings. The zero-order chi connectivity index (χ0) is 21.3. The number of hydrogen-bond donors (Lipinski definition) is 1. The first-order valence-corrected chi connectivity index (χ1v) is 10.0. The van der Waals surface area contributed by atoms with Crippen molar-refractivity contribution in [3.05, 3.63) is 70.8 Å². The third kappa shape index (κ3) is 4.01. The van der Waals surface area contributed by atoms with E-state index in [1.54, 1.807) is 29.2 Å². The molecule has 1 saturated heterocycles. The third-order valence-electron chi connectivity index (χ3n) is 5.56. The van der Waals surface area contributed by atoms with Crippen molar-refractivity contribution in [2.24, 2.45) is 0 Å². The molecular weight excluding hydrogens is 383 g/mol. The highest BCUT2D eigenvalue weighted by atomic mass is 19.1. The Labute approximate surface area is 174 Å². The first-order valence-electron chi connectivity index (χ1n) is 10.0. The molecule has 4 rings (SSSR count). The summed E-state index contributed by atoms with van der Waals surface area (Å²) < 4.78 is 13.8. The molecule has 1 fully saturated rings. The number of fused-ring (bicyclic) bond motifs is 1. The highest BCUT2D eigenvalue weighted by Crippen LogP contribution is 2.19.